The lowest BCUT2D eigenvalue weighted by atomic mass is 9.94. The largest absolute Gasteiger partial charge is 0.310 e. The molecule has 0 unspecified atom stereocenters. The second kappa shape index (κ2) is 15.8. The van der Waals surface area contributed by atoms with E-state index in [9.17, 15) is 0 Å². The van der Waals surface area contributed by atoms with Crippen LogP contribution in [0.15, 0.2) is 255 Å². The maximum absolute atomic E-state index is 2.41. The number of anilines is 3. The molecular weight excluding hydrogens is 773 g/mol. The van der Waals surface area contributed by atoms with E-state index >= 15 is 0 Å². The molecule has 2 nitrogen and oxygen atoms in total. The summed E-state index contributed by atoms with van der Waals surface area (Å²) < 4.78 is 2.38. The fourth-order valence-electron chi connectivity index (χ4n) is 9.62. The Morgan fingerprint density at radius 1 is 0.266 bits per heavy atom. The first-order chi connectivity index (χ1) is 31.7. The Morgan fingerprint density at radius 3 is 1.25 bits per heavy atom. The Morgan fingerprint density at radius 2 is 0.672 bits per heavy atom. The van der Waals surface area contributed by atoms with E-state index in [1.165, 1.54) is 87.9 Å². The molecule has 0 bridgehead atoms. The minimum absolute atomic E-state index is 1.09. The van der Waals surface area contributed by atoms with Crippen LogP contribution in [0.1, 0.15) is 0 Å². The molecule has 0 aliphatic rings. The Labute approximate surface area is 373 Å². The molecule has 0 aliphatic heterocycles. The first kappa shape index (κ1) is 37.3. The lowest BCUT2D eigenvalue weighted by molar-refractivity contribution is 1.17. The molecule has 0 fully saturated rings. The van der Waals surface area contributed by atoms with Crippen LogP contribution in [0.25, 0.3) is 93.5 Å². The van der Waals surface area contributed by atoms with E-state index in [4.69, 9.17) is 0 Å². The van der Waals surface area contributed by atoms with Crippen LogP contribution in [0.5, 0.6) is 0 Å². The molecule has 12 aromatic rings. The van der Waals surface area contributed by atoms with Gasteiger partial charge in [-0.05, 0) is 127 Å². The van der Waals surface area contributed by atoms with E-state index in [1.54, 1.807) is 0 Å². The van der Waals surface area contributed by atoms with Gasteiger partial charge in [0.15, 0.2) is 0 Å². The predicted molar refractivity (Wildman–Crippen MR) is 272 cm³/mol. The highest BCUT2D eigenvalue weighted by molar-refractivity contribution is 6.10. The van der Waals surface area contributed by atoms with Crippen molar-refractivity contribution >= 4 is 60.4 Å². The van der Waals surface area contributed by atoms with Gasteiger partial charge in [0.1, 0.15) is 0 Å². The number of benzene rings is 11. The van der Waals surface area contributed by atoms with Gasteiger partial charge in [0.05, 0.1) is 16.7 Å². The van der Waals surface area contributed by atoms with Crippen LogP contribution in [0.3, 0.4) is 0 Å². The van der Waals surface area contributed by atoms with Gasteiger partial charge in [-0.3, -0.25) is 0 Å². The number of fused-ring (bicyclic) bond motifs is 5. The molecule has 12 rings (SSSR count). The predicted octanol–water partition coefficient (Wildman–Crippen LogP) is 17.2. The van der Waals surface area contributed by atoms with Gasteiger partial charge in [-0.2, -0.15) is 0 Å². The third kappa shape index (κ3) is 6.61. The van der Waals surface area contributed by atoms with E-state index < -0.39 is 0 Å². The Bertz CT molecular complexity index is 3570. The van der Waals surface area contributed by atoms with Crippen molar-refractivity contribution in [1.29, 1.82) is 0 Å². The maximum atomic E-state index is 2.41. The van der Waals surface area contributed by atoms with Crippen LogP contribution in [0.4, 0.5) is 17.1 Å². The van der Waals surface area contributed by atoms with Gasteiger partial charge in [0.2, 0.25) is 0 Å². The SMILES string of the molecule is c1ccc(-c2ccc(-c3ccc(N(c4ccc(-c5ccc6cc(-c7ccccc7)ccc6c5)cc4)c4ccc(-n5c6ccccc6c6ccccc65)cc4)c4ccccc34)cc2)cc1. The zero-order valence-electron chi connectivity index (χ0n) is 35.1. The quantitative estimate of drug-likeness (QED) is 0.148. The van der Waals surface area contributed by atoms with Gasteiger partial charge in [0, 0.05) is 33.2 Å². The number of para-hydroxylation sites is 2. The number of hydrogen-bond donors (Lipinski definition) is 0. The Balaban J connectivity index is 0.957. The van der Waals surface area contributed by atoms with Crippen LogP contribution >= 0.6 is 0 Å². The van der Waals surface area contributed by atoms with Crippen LogP contribution in [0, 0.1) is 0 Å². The monoisotopic (exact) mass is 814 g/mol. The van der Waals surface area contributed by atoms with Crippen molar-refractivity contribution in [3.63, 3.8) is 0 Å². The van der Waals surface area contributed by atoms with Gasteiger partial charge in [-0.25, -0.2) is 0 Å². The van der Waals surface area contributed by atoms with Crippen molar-refractivity contribution in [2.75, 3.05) is 4.90 Å². The van der Waals surface area contributed by atoms with Crippen molar-refractivity contribution in [2.45, 2.75) is 0 Å². The molecule has 1 heterocycles. The molecular formula is C62H42N2. The molecule has 0 spiro atoms. The van der Waals surface area contributed by atoms with E-state index in [-0.39, 0.29) is 0 Å². The number of nitrogens with zero attached hydrogens (tertiary/aromatic N) is 2. The van der Waals surface area contributed by atoms with E-state index in [1.807, 2.05) is 0 Å². The molecule has 1 aromatic heterocycles. The van der Waals surface area contributed by atoms with E-state index in [2.05, 4.69) is 264 Å². The molecule has 0 amide bonds. The molecule has 64 heavy (non-hydrogen) atoms. The molecule has 11 aromatic carbocycles. The molecule has 0 radical (unpaired) electrons. The van der Waals surface area contributed by atoms with Crippen LogP contribution in [-0.4, -0.2) is 4.57 Å². The first-order valence-corrected chi connectivity index (χ1v) is 22.0. The zero-order valence-corrected chi connectivity index (χ0v) is 35.1. The third-order valence-corrected chi connectivity index (χ3v) is 12.8. The molecule has 0 N–H and O–H groups in total. The lowest BCUT2D eigenvalue weighted by Crippen LogP contribution is -2.11. The Kier molecular flexibility index (Phi) is 9.20. The molecule has 0 atom stereocenters. The van der Waals surface area contributed by atoms with E-state index in [0.29, 0.717) is 0 Å². The molecule has 0 aliphatic carbocycles. The maximum Gasteiger partial charge on any atom is 0.0541 e. The van der Waals surface area contributed by atoms with Gasteiger partial charge in [-0.1, -0.05) is 188 Å². The standard InChI is InChI=1S/C62H42N2/c1-3-13-43(14-4-1)45-23-25-47(26-24-45)55-39-40-62(57-18-8-7-17-56(55)57)63(53-35-37-54(38-36-53)64-60-21-11-9-19-58(60)59-20-10-12-22-61(59)64)52-33-31-46(32-34-52)49-28-30-50-41-48(27-29-51(50)42-49)44-15-5-2-6-16-44/h1-42H. The smallest absolute Gasteiger partial charge is 0.0541 e. The minimum Gasteiger partial charge on any atom is -0.310 e. The highest BCUT2D eigenvalue weighted by Gasteiger charge is 2.19. The summed E-state index contributed by atoms with van der Waals surface area (Å²) in [6.45, 7) is 0. The number of rotatable bonds is 8. The minimum atomic E-state index is 1.09. The average molecular weight is 815 g/mol. The molecule has 2 heteroatoms. The summed E-state index contributed by atoms with van der Waals surface area (Å²) in [7, 11) is 0. The highest BCUT2D eigenvalue weighted by Crippen LogP contribution is 2.43. The van der Waals surface area contributed by atoms with Gasteiger partial charge in [0.25, 0.3) is 0 Å². The fraction of sp³-hybridized carbons (Fsp3) is 0. The van der Waals surface area contributed by atoms with E-state index in [0.717, 1.165) is 22.7 Å². The van der Waals surface area contributed by atoms with Crippen LogP contribution in [-0.2, 0) is 0 Å². The second-order valence-corrected chi connectivity index (χ2v) is 16.5. The summed E-state index contributed by atoms with van der Waals surface area (Å²) in [5.74, 6) is 0. The fourth-order valence-corrected chi connectivity index (χ4v) is 9.62. The number of aromatic nitrogens is 1. The second-order valence-electron chi connectivity index (χ2n) is 16.5. The summed E-state index contributed by atoms with van der Waals surface area (Å²) in [5, 5.41) is 7.38. The summed E-state index contributed by atoms with van der Waals surface area (Å²) >= 11 is 0. The number of hydrogen-bond acceptors (Lipinski definition) is 1. The van der Waals surface area contributed by atoms with Gasteiger partial charge >= 0.3 is 0 Å². The topological polar surface area (TPSA) is 8.17 Å². The molecule has 0 saturated carbocycles. The summed E-state index contributed by atoms with van der Waals surface area (Å²) in [5.41, 5.74) is 16.5. The third-order valence-electron chi connectivity index (χ3n) is 12.8. The molecule has 300 valence electrons. The van der Waals surface area contributed by atoms with Crippen molar-refractivity contribution in [3.8, 4) is 50.2 Å². The van der Waals surface area contributed by atoms with Crippen molar-refractivity contribution < 1.29 is 0 Å². The highest BCUT2D eigenvalue weighted by atomic mass is 15.1. The summed E-state index contributed by atoms with van der Waals surface area (Å²) in [6, 6.07) is 92.7. The normalized spacial score (nSPS) is 11.4. The van der Waals surface area contributed by atoms with Gasteiger partial charge in [-0.15, -0.1) is 0 Å². The summed E-state index contributed by atoms with van der Waals surface area (Å²) in [4.78, 5) is 2.41. The zero-order chi connectivity index (χ0) is 42.4. The van der Waals surface area contributed by atoms with Crippen LogP contribution < -0.4 is 4.90 Å². The average Bonchev–Trinajstić information content (AvgIpc) is 3.71. The first-order valence-electron chi connectivity index (χ1n) is 22.0. The van der Waals surface area contributed by atoms with Gasteiger partial charge < -0.3 is 9.47 Å². The Hall–Kier alpha value is -8.46. The molecule has 0 saturated heterocycles. The van der Waals surface area contributed by atoms with Crippen LogP contribution in [0.2, 0.25) is 0 Å². The lowest BCUT2D eigenvalue weighted by Gasteiger charge is -2.28. The summed E-state index contributed by atoms with van der Waals surface area (Å²) in [6.07, 6.45) is 0. The van der Waals surface area contributed by atoms with Crippen molar-refractivity contribution in [2.24, 2.45) is 0 Å². The van der Waals surface area contributed by atoms with Crippen molar-refractivity contribution in [3.05, 3.63) is 255 Å². The van der Waals surface area contributed by atoms with Crippen molar-refractivity contribution in [1.82, 2.24) is 4.57 Å².